The number of benzene rings is 2. The number of carbonyl (C=O) groups is 2. The van der Waals surface area contributed by atoms with E-state index < -0.39 is 23.4 Å². The van der Waals surface area contributed by atoms with Gasteiger partial charge in [0.25, 0.3) is 0 Å². The average Bonchev–Trinajstić information content (AvgIpc) is 2.91. The Hall–Kier alpha value is -0.970. The van der Waals surface area contributed by atoms with Crippen molar-refractivity contribution in [2.75, 3.05) is 0 Å². The summed E-state index contributed by atoms with van der Waals surface area (Å²) in [4.78, 5) is 25.8. The van der Waals surface area contributed by atoms with Gasteiger partial charge in [-0.15, -0.1) is 0 Å². The van der Waals surface area contributed by atoms with Gasteiger partial charge in [0, 0.05) is 16.7 Å². The number of hydrogen-bond donors (Lipinski definition) is 0. The number of Topliss-reactive ketones (excluding diaryl/α,β-unsaturated/α-hetero) is 1. The number of halogens is 5. The lowest BCUT2D eigenvalue weighted by Gasteiger charge is -2.26. The number of rotatable bonds is 2. The summed E-state index contributed by atoms with van der Waals surface area (Å²) in [6.07, 6.45) is -0.918. The molecule has 0 heterocycles. The van der Waals surface area contributed by atoms with Crippen LogP contribution >= 0.6 is 58.0 Å². The molecule has 1 aliphatic rings. The zero-order valence-corrected chi connectivity index (χ0v) is 18.9. The van der Waals surface area contributed by atoms with Gasteiger partial charge in [0.05, 0.1) is 36.4 Å². The summed E-state index contributed by atoms with van der Waals surface area (Å²) in [7, 11) is 0. The van der Waals surface area contributed by atoms with Crippen molar-refractivity contribution in [1.29, 1.82) is 0 Å². The predicted octanol–water partition coefficient (Wildman–Crippen LogP) is 7.56. The molecule has 0 N–H and O–H groups in total. The predicted molar refractivity (Wildman–Crippen MR) is 113 cm³/mol. The Morgan fingerprint density at radius 3 is 1.93 bits per heavy atom. The van der Waals surface area contributed by atoms with Crippen LogP contribution in [0.2, 0.25) is 25.1 Å². The summed E-state index contributed by atoms with van der Waals surface area (Å²) >= 11 is 31.3. The van der Waals surface area contributed by atoms with Gasteiger partial charge in [0.15, 0.2) is 5.78 Å². The van der Waals surface area contributed by atoms with Gasteiger partial charge in [-0.2, -0.15) is 0 Å². The maximum Gasteiger partial charge on any atom is 0.311 e. The second-order valence-electron chi connectivity index (χ2n) is 7.49. The number of hydrogen-bond acceptors (Lipinski definition) is 3. The van der Waals surface area contributed by atoms with Crippen molar-refractivity contribution < 1.29 is 14.3 Å². The summed E-state index contributed by atoms with van der Waals surface area (Å²) in [5.74, 6) is -1.75. The van der Waals surface area contributed by atoms with Crippen LogP contribution < -0.4 is 0 Å². The number of ketones is 1. The molecule has 0 amide bonds. The Balaban J connectivity index is 2.22. The van der Waals surface area contributed by atoms with Crippen LogP contribution in [0.25, 0.3) is 0 Å². The van der Waals surface area contributed by atoms with Crippen molar-refractivity contribution in [3.63, 3.8) is 0 Å². The standard InChI is InChI=1S/C20H15Cl5O3/c1-20(2,3)19(27)28-18-9-7-5-4-6-8(9)17(26)11(18)10-12(21)14(23)16(25)15(24)13(10)22/h4-7,11,18H,1-3H3. The van der Waals surface area contributed by atoms with Crippen LogP contribution in [0.15, 0.2) is 24.3 Å². The van der Waals surface area contributed by atoms with Crippen LogP contribution in [0.5, 0.6) is 0 Å². The molecule has 0 fully saturated rings. The molecule has 1 aliphatic carbocycles. The molecule has 3 rings (SSSR count). The molecule has 3 nitrogen and oxygen atoms in total. The molecule has 0 saturated carbocycles. The summed E-state index contributed by atoms with van der Waals surface area (Å²) < 4.78 is 5.76. The Morgan fingerprint density at radius 1 is 0.893 bits per heavy atom. The van der Waals surface area contributed by atoms with Crippen LogP contribution in [-0.4, -0.2) is 11.8 Å². The molecule has 28 heavy (non-hydrogen) atoms. The zero-order valence-electron chi connectivity index (χ0n) is 15.1. The van der Waals surface area contributed by atoms with Crippen molar-refractivity contribution in [2.45, 2.75) is 32.8 Å². The maximum absolute atomic E-state index is 13.2. The van der Waals surface area contributed by atoms with E-state index in [2.05, 4.69) is 0 Å². The number of carbonyl (C=O) groups excluding carboxylic acids is 2. The van der Waals surface area contributed by atoms with Crippen LogP contribution in [0.3, 0.4) is 0 Å². The van der Waals surface area contributed by atoms with Crippen LogP contribution in [-0.2, 0) is 9.53 Å². The van der Waals surface area contributed by atoms with Gasteiger partial charge >= 0.3 is 5.97 Å². The van der Waals surface area contributed by atoms with E-state index >= 15 is 0 Å². The molecular formula is C20H15Cl5O3. The van der Waals surface area contributed by atoms with Gasteiger partial charge in [-0.1, -0.05) is 82.3 Å². The lowest BCUT2D eigenvalue weighted by Crippen LogP contribution is -2.27. The molecule has 2 atom stereocenters. The second kappa shape index (κ2) is 7.70. The molecule has 0 aliphatic heterocycles. The molecule has 0 radical (unpaired) electrons. The van der Waals surface area contributed by atoms with E-state index in [9.17, 15) is 9.59 Å². The largest absolute Gasteiger partial charge is 0.456 e. The van der Waals surface area contributed by atoms with E-state index in [-0.39, 0.29) is 36.5 Å². The van der Waals surface area contributed by atoms with Crippen molar-refractivity contribution >= 4 is 69.8 Å². The monoisotopic (exact) mass is 478 g/mol. The van der Waals surface area contributed by atoms with Crippen molar-refractivity contribution in [2.24, 2.45) is 5.41 Å². The normalized spacial score (nSPS) is 18.9. The molecule has 0 aromatic heterocycles. The molecule has 2 unspecified atom stereocenters. The quantitative estimate of drug-likeness (QED) is 0.253. The van der Waals surface area contributed by atoms with E-state index in [1.54, 1.807) is 45.0 Å². The first kappa shape index (κ1) is 21.7. The van der Waals surface area contributed by atoms with Gasteiger partial charge in [0.2, 0.25) is 0 Å². The Morgan fingerprint density at radius 2 is 1.39 bits per heavy atom. The minimum Gasteiger partial charge on any atom is -0.456 e. The topological polar surface area (TPSA) is 43.4 Å². The van der Waals surface area contributed by atoms with E-state index in [0.717, 1.165) is 0 Å². The van der Waals surface area contributed by atoms with Crippen molar-refractivity contribution in [3.05, 3.63) is 66.1 Å². The molecule has 0 saturated heterocycles. The van der Waals surface area contributed by atoms with Gasteiger partial charge < -0.3 is 4.74 Å². The summed E-state index contributed by atoms with van der Waals surface area (Å²) in [5.41, 5.74) is 0.419. The smallest absolute Gasteiger partial charge is 0.311 e. The number of fused-ring (bicyclic) bond motifs is 1. The SMILES string of the molecule is CC(C)(C)C(=O)OC1c2ccccc2C(=O)C1c1c(Cl)c(Cl)c(Cl)c(Cl)c1Cl. The highest BCUT2D eigenvalue weighted by atomic mass is 35.5. The first-order chi connectivity index (χ1) is 13.0. The van der Waals surface area contributed by atoms with Crippen LogP contribution in [0.4, 0.5) is 0 Å². The highest BCUT2D eigenvalue weighted by molar-refractivity contribution is 6.55. The lowest BCUT2D eigenvalue weighted by molar-refractivity contribution is -0.159. The minimum atomic E-state index is -0.990. The zero-order chi connectivity index (χ0) is 21.0. The molecule has 148 valence electrons. The summed E-state index contributed by atoms with van der Waals surface area (Å²) in [6.45, 7) is 5.18. The van der Waals surface area contributed by atoms with E-state index in [4.69, 9.17) is 62.7 Å². The Labute approximate surface area is 187 Å². The lowest BCUT2D eigenvalue weighted by atomic mass is 9.91. The van der Waals surface area contributed by atoms with Crippen molar-refractivity contribution in [3.8, 4) is 0 Å². The van der Waals surface area contributed by atoms with Crippen LogP contribution in [0.1, 0.15) is 54.3 Å². The molecule has 2 aromatic rings. The Bertz CT molecular complexity index is 965. The fourth-order valence-corrected chi connectivity index (χ4v) is 4.44. The van der Waals surface area contributed by atoms with E-state index in [1.165, 1.54) is 0 Å². The van der Waals surface area contributed by atoms with Gasteiger partial charge in [0.1, 0.15) is 6.10 Å². The number of esters is 1. The van der Waals surface area contributed by atoms with Gasteiger partial charge in [-0.3, -0.25) is 9.59 Å². The summed E-state index contributed by atoms with van der Waals surface area (Å²) in [6, 6.07) is 6.88. The van der Waals surface area contributed by atoms with Gasteiger partial charge in [-0.25, -0.2) is 0 Å². The van der Waals surface area contributed by atoms with Gasteiger partial charge in [-0.05, 0) is 20.8 Å². The van der Waals surface area contributed by atoms with Crippen LogP contribution in [0, 0.1) is 5.41 Å². The third kappa shape index (κ3) is 3.53. The molecule has 0 bridgehead atoms. The average molecular weight is 481 g/mol. The fraction of sp³-hybridized carbons (Fsp3) is 0.300. The molecule has 8 heteroatoms. The Kier molecular flexibility index (Phi) is 5.97. The highest BCUT2D eigenvalue weighted by Crippen LogP contribution is 2.53. The van der Waals surface area contributed by atoms with Crippen molar-refractivity contribution in [1.82, 2.24) is 0 Å². The number of ether oxygens (including phenoxy) is 1. The second-order valence-corrected chi connectivity index (χ2v) is 9.38. The first-order valence-corrected chi connectivity index (χ1v) is 10.2. The van der Waals surface area contributed by atoms with E-state index in [0.29, 0.717) is 11.1 Å². The molecular weight excluding hydrogens is 465 g/mol. The molecule has 0 spiro atoms. The maximum atomic E-state index is 13.2. The highest BCUT2D eigenvalue weighted by Gasteiger charge is 2.46. The fourth-order valence-electron chi connectivity index (χ4n) is 3.06. The first-order valence-electron chi connectivity index (χ1n) is 8.32. The van der Waals surface area contributed by atoms with E-state index in [1.807, 2.05) is 0 Å². The minimum absolute atomic E-state index is 0.00373. The summed E-state index contributed by atoms with van der Waals surface area (Å²) in [5, 5.41) is -0.0314. The third-order valence-corrected chi connectivity index (χ3v) is 6.83. The third-order valence-electron chi connectivity index (χ3n) is 4.52. The molecule has 2 aromatic carbocycles.